The van der Waals surface area contributed by atoms with E-state index in [1.54, 1.807) is 0 Å². The minimum Gasteiger partial charge on any atom is -0.268 e. The highest BCUT2D eigenvalue weighted by atomic mass is 79.9. The lowest BCUT2D eigenvalue weighted by molar-refractivity contribution is 0.243. The van der Waals surface area contributed by atoms with Gasteiger partial charge in [0.15, 0.2) is 0 Å². The summed E-state index contributed by atoms with van der Waals surface area (Å²) in [5, 5.41) is 4.36. The summed E-state index contributed by atoms with van der Waals surface area (Å²) in [5.74, 6) is 0. The first-order valence-corrected chi connectivity index (χ1v) is 5.58. The Bertz CT molecular complexity index is 304. The van der Waals surface area contributed by atoms with Crippen molar-refractivity contribution in [2.45, 2.75) is 39.2 Å². The molecule has 0 amide bonds. The van der Waals surface area contributed by atoms with Crippen LogP contribution in [0.2, 0.25) is 0 Å². The van der Waals surface area contributed by atoms with E-state index in [4.69, 9.17) is 0 Å². The van der Waals surface area contributed by atoms with Crippen molar-refractivity contribution in [1.29, 1.82) is 0 Å². The summed E-state index contributed by atoms with van der Waals surface area (Å²) in [6.45, 7) is 4.67. The monoisotopic (exact) mass is 242 g/mol. The highest BCUT2D eigenvalue weighted by Crippen LogP contribution is 2.45. The van der Waals surface area contributed by atoms with Crippen LogP contribution in [0.15, 0.2) is 16.9 Å². The second-order valence-corrected chi connectivity index (χ2v) is 5.45. The third kappa shape index (κ3) is 1.66. The molecule has 1 fully saturated rings. The van der Waals surface area contributed by atoms with Crippen molar-refractivity contribution in [3.63, 3.8) is 0 Å². The highest BCUT2D eigenvalue weighted by molar-refractivity contribution is 9.10. The predicted molar refractivity (Wildman–Crippen MR) is 56.6 cm³/mol. The van der Waals surface area contributed by atoms with Crippen LogP contribution < -0.4 is 0 Å². The van der Waals surface area contributed by atoms with Gasteiger partial charge in [-0.2, -0.15) is 5.10 Å². The van der Waals surface area contributed by atoms with Gasteiger partial charge in [0.05, 0.1) is 16.7 Å². The lowest BCUT2D eigenvalue weighted by Crippen LogP contribution is -2.21. The second-order valence-electron chi connectivity index (χ2n) is 4.54. The van der Waals surface area contributed by atoms with Crippen LogP contribution >= 0.6 is 15.9 Å². The van der Waals surface area contributed by atoms with Crippen molar-refractivity contribution < 1.29 is 0 Å². The van der Waals surface area contributed by atoms with Crippen molar-refractivity contribution in [2.24, 2.45) is 5.41 Å². The standard InChI is InChI=1S/C10H15BrN2/c1-10(2)5-3-4-9(10)13-7-8(11)6-12-13/h6-7,9H,3-5H2,1-2H3. The Morgan fingerprint density at radius 1 is 1.62 bits per heavy atom. The molecule has 0 aromatic carbocycles. The molecule has 72 valence electrons. The minimum absolute atomic E-state index is 0.408. The Morgan fingerprint density at radius 3 is 2.85 bits per heavy atom. The molecular formula is C10H15BrN2. The van der Waals surface area contributed by atoms with Crippen molar-refractivity contribution in [3.05, 3.63) is 16.9 Å². The molecule has 0 spiro atoms. The van der Waals surface area contributed by atoms with E-state index in [0.29, 0.717) is 11.5 Å². The van der Waals surface area contributed by atoms with Gasteiger partial charge in [0, 0.05) is 6.20 Å². The molecule has 1 atom stereocenters. The lowest BCUT2D eigenvalue weighted by Gasteiger charge is -2.26. The zero-order valence-electron chi connectivity index (χ0n) is 8.13. The summed E-state index contributed by atoms with van der Waals surface area (Å²) < 4.78 is 3.19. The van der Waals surface area contributed by atoms with E-state index in [9.17, 15) is 0 Å². The van der Waals surface area contributed by atoms with Gasteiger partial charge in [-0.25, -0.2) is 0 Å². The van der Waals surface area contributed by atoms with Crippen molar-refractivity contribution >= 4 is 15.9 Å². The Hall–Kier alpha value is -0.310. The fourth-order valence-corrected chi connectivity index (χ4v) is 2.59. The molecule has 1 aromatic rings. The zero-order valence-corrected chi connectivity index (χ0v) is 9.71. The van der Waals surface area contributed by atoms with Crippen LogP contribution in [0.25, 0.3) is 0 Å². The van der Waals surface area contributed by atoms with Gasteiger partial charge in [0.1, 0.15) is 0 Å². The molecule has 1 saturated carbocycles. The number of halogens is 1. The van der Waals surface area contributed by atoms with Crippen LogP contribution in [0, 0.1) is 5.41 Å². The van der Waals surface area contributed by atoms with Crippen LogP contribution in [-0.4, -0.2) is 9.78 Å². The first-order valence-electron chi connectivity index (χ1n) is 4.79. The number of rotatable bonds is 1. The number of nitrogens with zero attached hydrogens (tertiary/aromatic N) is 2. The van der Waals surface area contributed by atoms with E-state index in [1.165, 1.54) is 19.3 Å². The van der Waals surface area contributed by atoms with Crippen LogP contribution in [0.4, 0.5) is 0 Å². The van der Waals surface area contributed by atoms with E-state index >= 15 is 0 Å². The van der Waals surface area contributed by atoms with E-state index in [2.05, 4.69) is 45.8 Å². The summed E-state index contributed by atoms with van der Waals surface area (Å²) in [6, 6.07) is 0.582. The van der Waals surface area contributed by atoms with Crippen LogP contribution in [0.3, 0.4) is 0 Å². The summed E-state index contributed by atoms with van der Waals surface area (Å²) >= 11 is 3.43. The maximum atomic E-state index is 4.36. The molecule has 0 aliphatic heterocycles. The molecule has 13 heavy (non-hydrogen) atoms. The first kappa shape index (κ1) is 9.25. The Morgan fingerprint density at radius 2 is 2.38 bits per heavy atom. The Labute approximate surface area is 87.5 Å². The van der Waals surface area contributed by atoms with Crippen molar-refractivity contribution in [2.75, 3.05) is 0 Å². The molecule has 0 bridgehead atoms. The second kappa shape index (κ2) is 3.12. The number of aromatic nitrogens is 2. The SMILES string of the molecule is CC1(C)CCCC1n1cc(Br)cn1. The zero-order chi connectivity index (χ0) is 9.47. The molecule has 1 aliphatic carbocycles. The Balaban J connectivity index is 2.26. The normalized spacial score (nSPS) is 26.5. The largest absolute Gasteiger partial charge is 0.268 e. The summed E-state index contributed by atoms with van der Waals surface area (Å²) in [4.78, 5) is 0. The molecule has 0 radical (unpaired) electrons. The van der Waals surface area contributed by atoms with E-state index in [0.717, 1.165) is 4.47 Å². The minimum atomic E-state index is 0.408. The molecule has 3 heteroatoms. The van der Waals surface area contributed by atoms with Gasteiger partial charge in [-0.3, -0.25) is 4.68 Å². The quantitative estimate of drug-likeness (QED) is 0.739. The highest BCUT2D eigenvalue weighted by Gasteiger charge is 2.36. The van der Waals surface area contributed by atoms with E-state index in [1.807, 2.05) is 6.20 Å². The fourth-order valence-electron chi connectivity index (χ4n) is 2.28. The first-order chi connectivity index (χ1) is 6.09. The summed E-state index contributed by atoms with van der Waals surface area (Å²) in [6.07, 6.45) is 7.86. The Kier molecular flexibility index (Phi) is 2.22. The predicted octanol–water partition coefficient (Wildman–Crippen LogP) is 3.40. The molecular weight excluding hydrogens is 228 g/mol. The van der Waals surface area contributed by atoms with Crippen LogP contribution in [0.1, 0.15) is 39.2 Å². The van der Waals surface area contributed by atoms with Gasteiger partial charge in [0.2, 0.25) is 0 Å². The van der Waals surface area contributed by atoms with Gasteiger partial charge in [0.25, 0.3) is 0 Å². The molecule has 2 nitrogen and oxygen atoms in total. The van der Waals surface area contributed by atoms with Crippen molar-refractivity contribution in [1.82, 2.24) is 9.78 Å². The smallest absolute Gasteiger partial charge is 0.0632 e. The van der Waals surface area contributed by atoms with Crippen molar-refractivity contribution in [3.8, 4) is 0 Å². The number of hydrogen-bond donors (Lipinski definition) is 0. The summed E-state index contributed by atoms with van der Waals surface area (Å²) in [7, 11) is 0. The third-order valence-corrected chi connectivity index (χ3v) is 3.50. The van der Waals surface area contributed by atoms with Gasteiger partial charge in [-0.05, 0) is 34.2 Å². The van der Waals surface area contributed by atoms with Gasteiger partial charge in [-0.1, -0.05) is 20.3 Å². The molecule has 1 aromatic heterocycles. The molecule has 1 heterocycles. The van der Waals surface area contributed by atoms with Crippen LogP contribution in [-0.2, 0) is 0 Å². The summed E-state index contributed by atoms with van der Waals surface area (Å²) in [5.41, 5.74) is 0.408. The molecule has 1 aliphatic rings. The average Bonchev–Trinajstić information content (AvgIpc) is 2.56. The molecule has 0 saturated heterocycles. The number of hydrogen-bond acceptors (Lipinski definition) is 1. The average molecular weight is 243 g/mol. The van der Waals surface area contributed by atoms with Crippen LogP contribution in [0.5, 0.6) is 0 Å². The fraction of sp³-hybridized carbons (Fsp3) is 0.700. The lowest BCUT2D eigenvalue weighted by atomic mass is 9.87. The maximum absolute atomic E-state index is 4.36. The van der Waals surface area contributed by atoms with Gasteiger partial charge >= 0.3 is 0 Å². The molecule has 1 unspecified atom stereocenters. The molecule has 0 N–H and O–H groups in total. The van der Waals surface area contributed by atoms with E-state index < -0.39 is 0 Å². The topological polar surface area (TPSA) is 17.8 Å². The van der Waals surface area contributed by atoms with Gasteiger partial charge < -0.3 is 0 Å². The third-order valence-electron chi connectivity index (χ3n) is 3.09. The van der Waals surface area contributed by atoms with E-state index in [-0.39, 0.29) is 0 Å². The van der Waals surface area contributed by atoms with Gasteiger partial charge in [-0.15, -0.1) is 0 Å². The maximum Gasteiger partial charge on any atom is 0.0632 e. The molecule has 2 rings (SSSR count).